The number of aliphatic hydroxyl groups excluding tert-OH is 2. The Bertz CT molecular complexity index is 1200. The van der Waals surface area contributed by atoms with E-state index in [-0.39, 0.29) is 12.4 Å². The Balaban J connectivity index is 1.33. The Kier molecular flexibility index (Phi) is 7.67. The molecule has 0 spiro atoms. The molecular weight excluding hydrogens is 452 g/mol. The van der Waals surface area contributed by atoms with E-state index in [1.54, 1.807) is 7.11 Å². The second kappa shape index (κ2) is 10.9. The van der Waals surface area contributed by atoms with Crippen LogP contribution in [0.5, 0.6) is 11.5 Å². The molecule has 1 fully saturated rings. The second-order valence-corrected chi connectivity index (χ2v) is 8.48. The summed E-state index contributed by atoms with van der Waals surface area (Å²) < 4.78 is 18.3. The van der Waals surface area contributed by atoms with Crippen LogP contribution in [-0.2, 0) is 17.9 Å². The first-order chi connectivity index (χ1) is 16.9. The van der Waals surface area contributed by atoms with Crippen LogP contribution in [-0.4, -0.2) is 51.7 Å². The summed E-state index contributed by atoms with van der Waals surface area (Å²) in [5.41, 5.74) is 8.05. The maximum atomic E-state index is 12.1. The van der Waals surface area contributed by atoms with Crippen LogP contribution in [0.4, 0.5) is 5.82 Å². The molecule has 1 aliphatic rings. The first-order valence-electron chi connectivity index (χ1n) is 11.3. The van der Waals surface area contributed by atoms with E-state index in [0.717, 1.165) is 15.7 Å². The van der Waals surface area contributed by atoms with Gasteiger partial charge in [-0.25, -0.2) is 4.79 Å². The highest BCUT2D eigenvalue weighted by molar-refractivity contribution is 5.43. The van der Waals surface area contributed by atoms with Crippen molar-refractivity contribution in [3.8, 4) is 11.5 Å². The zero-order valence-corrected chi connectivity index (χ0v) is 19.6. The van der Waals surface area contributed by atoms with Gasteiger partial charge in [0.05, 0.1) is 7.11 Å². The van der Waals surface area contributed by atoms with Crippen molar-refractivity contribution < 1.29 is 24.4 Å². The third-order valence-electron chi connectivity index (χ3n) is 5.88. The zero-order chi connectivity index (χ0) is 24.9. The number of rotatable bonds is 9. The third-order valence-corrected chi connectivity index (χ3v) is 5.88. The minimum absolute atomic E-state index is 0.0690. The first-order valence-corrected chi connectivity index (χ1v) is 11.3. The van der Waals surface area contributed by atoms with Gasteiger partial charge >= 0.3 is 5.69 Å². The van der Waals surface area contributed by atoms with E-state index in [9.17, 15) is 15.0 Å². The van der Waals surface area contributed by atoms with Gasteiger partial charge in [-0.15, -0.1) is 0 Å². The summed E-state index contributed by atoms with van der Waals surface area (Å²) in [6.45, 7) is 3.19. The number of nitrogens with two attached hydrogens (primary N) is 1. The second-order valence-electron chi connectivity index (χ2n) is 8.48. The van der Waals surface area contributed by atoms with Crippen molar-refractivity contribution in [1.29, 1.82) is 0 Å². The van der Waals surface area contributed by atoms with Crippen molar-refractivity contribution in [2.75, 3.05) is 19.4 Å². The molecule has 0 aliphatic carbocycles. The lowest BCUT2D eigenvalue weighted by Crippen LogP contribution is -2.38. The predicted molar refractivity (Wildman–Crippen MR) is 129 cm³/mol. The fraction of sp³-hybridized carbons (Fsp3) is 0.360. The molecule has 10 nitrogen and oxygen atoms in total. The van der Waals surface area contributed by atoms with E-state index < -0.39 is 30.2 Å². The van der Waals surface area contributed by atoms with Gasteiger partial charge in [-0.05, 0) is 36.2 Å². The van der Waals surface area contributed by atoms with Gasteiger partial charge in [-0.1, -0.05) is 35.9 Å². The van der Waals surface area contributed by atoms with E-state index in [1.807, 2.05) is 49.4 Å². The molecule has 0 unspecified atom stereocenters. The Labute approximate surface area is 202 Å². The average molecular weight is 483 g/mol. The number of aryl methyl sites for hydroxylation is 1. The van der Waals surface area contributed by atoms with E-state index in [0.29, 0.717) is 24.7 Å². The molecule has 1 aliphatic heterocycles. The molecule has 0 amide bonds. The number of nitrogen functional groups attached to an aromatic ring is 1. The summed E-state index contributed by atoms with van der Waals surface area (Å²) in [6.07, 6.45) is -2.85. The van der Waals surface area contributed by atoms with Crippen LogP contribution in [0, 0.1) is 6.92 Å². The van der Waals surface area contributed by atoms with Crippen molar-refractivity contribution in [1.82, 2.24) is 14.9 Å². The van der Waals surface area contributed by atoms with Crippen LogP contribution in [0.3, 0.4) is 0 Å². The number of hydrogen-bond donors (Lipinski definition) is 4. The molecule has 2 aromatic carbocycles. The number of methoxy groups -OCH3 is 1. The normalized spacial score (nSPS) is 21.7. The van der Waals surface area contributed by atoms with E-state index in [2.05, 4.69) is 10.3 Å². The third kappa shape index (κ3) is 5.80. The number of ether oxygens (including phenoxy) is 3. The van der Waals surface area contributed by atoms with Crippen molar-refractivity contribution in [2.24, 2.45) is 0 Å². The van der Waals surface area contributed by atoms with Crippen molar-refractivity contribution in [3.05, 3.63) is 81.9 Å². The summed E-state index contributed by atoms with van der Waals surface area (Å²) >= 11 is 0. The van der Waals surface area contributed by atoms with Gasteiger partial charge in [0, 0.05) is 19.3 Å². The SMILES string of the molecule is COc1cc(CNC[C@H]2O[C@@H](n3ccc(N)nc3=O)[C@H](O)[C@@H]2O)ccc1OCc1ccc(C)cc1. The number of aliphatic hydroxyl groups is 2. The molecule has 3 aromatic rings. The highest BCUT2D eigenvalue weighted by Crippen LogP contribution is 2.30. The number of aromatic nitrogens is 2. The minimum atomic E-state index is -1.28. The molecule has 0 saturated carbocycles. The van der Waals surface area contributed by atoms with Gasteiger partial charge in [0.25, 0.3) is 0 Å². The van der Waals surface area contributed by atoms with Gasteiger partial charge in [0.2, 0.25) is 0 Å². The Morgan fingerprint density at radius 2 is 1.83 bits per heavy atom. The Morgan fingerprint density at radius 1 is 1.09 bits per heavy atom. The number of anilines is 1. The lowest BCUT2D eigenvalue weighted by molar-refractivity contribution is -0.0390. The van der Waals surface area contributed by atoms with Crippen LogP contribution in [0.15, 0.2) is 59.5 Å². The standard InChI is InChI=1S/C25H30N4O6/c1-15-3-5-16(6-4-15)14-34-18-8-7-17(11-19(18)33-2)12-27-13-20-22(30)23(31)24(35-20)29-10-9-21(26)28-25(29)32/h3-11,20,22-24,27,30-31H,12-14H2,1-2H3,(H2,26,28,32)/t20-,22-,23-,24-/m1/s1. The summed E-state index contributed by atoms with van der Waals surface area (Å²) in [6, 6.07) is 15.2. The summed E-state index contributed by atoms with van der Waals surface area (Å²) in [4.78, 5) is 15.7. The molecule has 2 heterocycles. The van der Waals surface area contributed by atoms with E-state index >= 15 is 0 Å². The van der Waals surface area contributed by atoms with Crippen LogP contribution in [0.2, 0.25) is 0 Å². The number of benzene rings is 2. The van der Waals surface area contributed by atoms with Crippen molar-refractivity contribution in [3.63, 3.8) is 0 Å². The highest BCUT2D eigenvalue weighted by Gasteiger charge is 2.43. The van der Waals surface area contributed by atoms with Gasteiger partial charge < -0.3 is 35.5 Å². The molecule has 4 rings (SSSR count). The average Bonchev–Trinajstić information content (AvgIpc) is 3.12. The largest absolute Gasteiger partial charge is 0.493 e. The first kappa shape index (κ1) is 24.7. The number of nitrogens with zero attached hydrogens (tertiary/aromatic N) is 2. The highest BCUT2D eigenvalue weighted by atomic mass is 16.6. The van der Waals surface area contributed by atoms with Crippen LogP contribution in [0.1, 0.15) is 22.9 Å². The molecule has 10 heteroatoms. The Morgan fingerprint density at radius 3 is 2.54 bits per heavy atom. The lowest BCUT2D eigenvalue weighted by atomic mass is 10.1. The minimum Gasteiger partial charge on any atom is -0.493 e. The molecular formula is C25H30N4O6. The molecule has 1 saturated heterocycles. The molecule has 0 radical (unpaired) electrons. The molecule has 4 atom stereocenters. The van der Waals surface area contributed by atoms with Crippen LogP contribution >= 0.6 is 0 Å². The van der Waals surface area contributed by atoms with Crippen molar-refractivity contribution >= 4 is 5.82 Å². The monoisotopic (exact) mass is 482 g/mol. The fourth-order valence-electron chi connectivity index (χ4n) is 3.89. The van der Waals surface area contributed by atoms with Gasteiger partial charge in [0.15, 0.2) is 17.7 Å². The predicted octanol–water partition coefficient (Wildman–Crippen LogP) is 1.13. The maximum Gasteiger partial charge on any atom is 0.351 e. The molecule has 5 N–H and O–H groups in total. The van der Waals surface area contributed by atoms with E-state index in [4.69, 9.17) is 19.9 Å². The number of hydrogen-bond acceptors (Lipinski definition) is 9. The van der Waals surface area contributed by atoms with Crippen molar-refractivity contribution in [2.45, 2.75) is 44.6 Å². The topological polar surface area (TPSA) is 141 Å². The molecule has 0 bridgehead atoms. The smallest absolute Gasteiger partial charge is 0.351 e. The Hall–Kier alpha value is -3.44. The molecule has 186 valence electrons. The summed E-state index contributed by atoms with van der Waals surface area (Å²) in [5.74, 6) is 1.32. The van der Waals surface area contributed by atoms with Crippen LogP contribution < -0.4 is 26.2 Å². The van der Waals surface area contributed by atoms with Gasteiger partial charge in [-0.3, -0.25) is 4.57 Å². The molecule has 35 heavy (non-hydrogen) atoms. The molecule has 1 aromatic heterocycles. The van der Waals surface area contributed by atoms with Gasteiger partial charge in [-0.2, -0.15) is 4.98 Å². The fourth-order valence-corrected chi connectivity index (χ4v) is 3.89. The van der Waals surface area contributed by atoms with Crippen LogP contribution in [0.25, 0.3) is 0 Å². The van der Waals surface area contributed by atoms with E-state index in [1.165, 1.54) is 17.8 Å². The number of nitrogens with one attached hydrogen (secondary N) is 1. The zero-order valence-electron chi connectivity index (χ0n) is 19.6. The summed E-state index contributed by atoms with van der Waals surface area (Å²) in [5, 5.41) is 24.0. The quantitative estimate of drug-likeness (QED) is 0.353. The van der Waals surface area contributed by atoms with Gasteiger partial charge in [0.1, 0.15) is 30.7 Å². The maximum absolute atomic E-state index is 12.1. The lowest BCUT2D eigenvalue weighted by Gasteiger charge is -2.17. The summed E-state index contributed by atoms with van der Waals surface area (Å²) in [7, 11) is 1.59.